The van der Waals surface area contributed by atoms with E-state index in [1.165, 1.54) is 20.0 Å². The van der Waals surface area contributed by atoms with Crippen molar-refractivity contribution in [2.75, 3.05) is 32.6 Å². The fourth-order valence-corrected chi connectivity index (χ4v) is 1.90. The zero-order chi connectivity index (χ0) is 14.4. The van der Waals surface area contributed by atoms with Gasteiger partial charge < -0.3 is 20.5 Å². The van der Waals surface area contributed by atoms with Crippen molar-refractivity contribution in [3.8, 4) is 5.75 Å². The Labute approximate surface area is 119 Å². The molecule has 0 spiro atoms. The minimum Gasteiger partial charge on any atom is -0.496 e. The van der Waals surface area contributed by atoms with E-state index in [1.54, 1.807) is 18.2 Å². The summed E-state index contributed by atoms with van der Waals surface area (Å²) in [6.07, 6.45) is 3.41. The van der Waals surface area contributed by atoms with Gasteiger partial charge in [0.05, 0.1) is 12.7 Å². The number of carbonyl (C=O) groups excluding carboxylic acids is 1. The van der Waals surface area contributed by atoms with Gasteiger partial charge in [0, 0.05) is 31.5 Å². The summed E-state index contributed by atoms with van der Waals surface area (Å²) in [5.41, 5.74) is 6.74. The number of hydrogen-bond donors (Lipinski definition) is 2. The van der Waals surface area contributed by atoms with Crippen LogP contribution in [0.2, 0.25) is 0 Å². The van der Waals surface area contributed by atoms with Crippen molar-refractivity contribution in [2.24, 2.45) is 5.92 Å². The van der Waals surface area contributed by atoms with Gasteiger partial charge >= 0.3 is 0 Å². The van der Waals surface area contributed by atoms with Gasteiger partial charge in [0.1, 0.15) is 5.75 Å². The van der Waals surface area contributed by atoms with Gasteiger partial charge in [0.15, 0.2) is 0 Å². The second kappa shape index (κ2) is 7.14. The lowest BCUT2D eigenvalue weighted by Crippen LogP contribution is -2.25. The van der Waals surface area contributed by atoms with Crippen LogP contribution in [-0.4, -0.2) is 32.8 Å². The van der Waals surface area contributed by atoms with Crippen molar-refractivity contribution in [1.82, 2.24) is 5.32 Å². The highest BCUT2D eigenvalue weighted by atomic mass is 16.5. The minimum absolute atomic E-state index is 0.149. The number of nitrogen functional groups attached to an aromatic ring is 1. The molecule has 1 aromatic rings. The number of ether oxygens (including phenoxy) is 2. The lowest BCUT2D eigenvalue weighted by Gasteiger charge is -2.10. The first-order chi connectivity index (χ1) is 9.70. The summed E-state index contributed by atoms with van der Waals surface area (Å²) in [4.78, 5) is 12.0. The minimum atomic E-state index is -0.149. The number of hydrogen-bond acceptors (Lipinski definition) is 4. The Morgan fingerprint density at radius 3 is 2.95 bits per heavy atom. The molecule has 5 heteroatoms. The van der Waals surface area contributed by atoms with Crippen LogP contribution in [0.25, 0.3) is 0 Å². The molecule has 0 aliphatic heterocycles. The molecule has 1 aromatic carbocycles. The van der Waals surface area contributed by atoms with E-state index >= 15 is 0 Å². The third kappa shape index (κ3) is 4.42. The van der Waals surface area contributed by atoms with E-state index in [2.05, 4.69) is 5.32 Å². The molecule has 1 fully saturated rings. The molecule has 0 unspecified atom stereocenters. The third-order valence-corrected chi connectivity index (χ3v) is 3.27. The first-order valence-corrected chi connectivity index (χ1v) is 7.00. The second-order valence-corrected chi connectivity index (χ2v) is 5.09. The molecule has 1 amide bonds. The van der Waals surface area contributed by atoms with Gasteiger partial charge in [-0.05, 0) is 37.3 Å². The Morgan fingerprint density at radius 2 is 2.25 bits per heavy atom. The summed E-state index contributed by atoms with van der Waals surface area (Å²) >= 11 is 0. The molecule has 2 rings (SSSR count). The van der Waals surface area contributed by atoms with Crippen LogP contribution in [0.5, 0.6) is 5.75 Å². The van der Waals surface area contributed by atoms with E-state index in [0.29, 0.717) is 30.2 Å². The predicted molar refractivity (Wildman–Crippen MR) is 77.9 cm³/mol. The molecule has 0 atom stereocenters. The molecule has 20 heavy (non-hydrogen) atoms. The molecule has 3 N–H and O–H groups in total. The number of nitrogens with one attached hydrogen (secondary N) is 1. The molecular weight excluding hydrogens is 256 g/mol. The summed E-state index contributed by atoms with van der Waals surface area (Å²) in [5.74, 6) is 1.13. The molecule has 0 bridgehead atoms. The first-order valence-electron chi connectivity index (χ1n) is 7.00. The van der Waals surface area contributed by atoms with Crippen LogP contribution < -0.4 is 15.8 Å². The Hall–Kier alpha value is -1.75. The maximum atomic E-state index is 12.0. The van der Waals surface area contributed by atoms with Crippen LogP contribution in [0.3, 0.4) is 0 Å². The maximum absolute atomic E-state index is 12.0. The molecule has 1 aliphatic rings. The molecule has 0 saturated heterocycles. The summed E-state index contributed by atoms with van der Waals surface area (Å²) in [7, 11) is 1.53. The fourth-order valence-electron chi connectivity index (χ4n) is 1.90. The highest BCUT2D eigenvalue weighted by molar-refractivity contribution is 5.97. The average Bonchev–Trinajstić information content (AvgIpc) is 3.26. The van der Waals surface area contributed by atoms with E-state index in [1.807, 2.05) is 0 Å². The van der Waals surface area contributed by atoms with Gasteiger partial charge in [-0.3, -0.25) is 4.79 Å². The summed E-state index contributed by atoms with van der Waals surface area (Å²) < 4.78 is 10.7. The highest BCUT2D eigenvalue weighted by Gasteiger charge is 2.20. The van der Waals surface area contributed by atoms with Crippen LogP contribution in [0, 0.1) is 5.92 Å². The number of methoxy groups -OCH3 is 1. The summed E-state index contributed by atoms with van der Waals surface area (Å²) in [6.45, 7) is 2.15. The van der Waals surface area contributed by atoms with Crippen molar-refractivity contribution in [1.29, 1.82) is 0 Å². The van der Waals surface area contributed by atoms with Gasteiger partial charge in [-0.2, -0.15) is 0 Å². The van der Waals surface area contributed by atoms with E-state index in [4.69, 9.17) is 15.2 Å². The van der Waals surface area contributed by atoms with E-state index < -0.39 is 0 Å². The van der Waals surface area contributed by atoms with Crippen LogP contribution in [0.1, 0.15) is 29.6 Å². The highest BCUT2D eigenvalue weighted by Crippen LogP contribution is 2.28. The average molecular weight is 278 g/mol. The predicted octanol–water partition coefficient (Wildman–Crippen LogP) is 1.82. The second-order valence-electron chi connectivity index (χ2n) is 5.09. The summed E-state index contributed by atoms with van der Waals surface area (Å²) in [6, 6.07) is 5.01. The molecular formula is C15H22N2O3. The van der Waals surface area contributed by atoms with E-state index in [9.17, 15) is 4.79 Å². The Morgan fingerprint density at radius 1 is 1.45 bits per heavy atom. The van der Waals surface area contributed by atoms with E-state index in [0.717, 1.165) is 18.9 Å². The number of carbonyl (C=O) groups is 1. The van der Waals surface area contributed by atoms with Crippen LogP contribution in [0.15, 0.2) is 18.2 Å². The molecule has 110 valence electrons. The van der Waals surface area contributed by atoms with E-state index in [-0.39, 0.29) is 5.91 Å². The quantitative estimate of drug-likeness (QED) is 0.562. The van der Waals surface area contributed by atoms with Crippen LogP contribution in [-0.2, 0) is 4.74 Å². The standard InChI is InChI=1S/C15H22N2O3/c1-19-14-9-12(16)5-6-13(14)15(18)17-7-2-8-20-10-11-3-4-11/h5-6,9,11H,2-4,7-8,10,16H2,1H3,(H,17,18). The Bertz CT molecular complexity index is 458. The fraction of sp³-hybridized carbons (Fsp3) is 0.533. The van der Waals surface area contributed by atoms with Crippen molar-refractivity contribution in [3.63, 3.8) is 0 Å². The smallest absolute Gasteiger partial charge is 0.255 e. The third-order valence-electron chi connectivity index (χ3n) is 3.27. The van der Waals surface area contributed by atoms with Crippen molar-refractivity contribution >= 4 is 11.6 Å². The van der Waals surface area contributed by atoms with Crippen LogP contribution >= 0.6 is 0 Å². The van der Waals surface area contributed by atoms with Crippen LogP contribution in [0.4, 0.5) is 5.69 Å². The number of amides is 1. The zero-order valence-electron chi connectivity index (χ0n) is 11.9. The SMILES string of the molecule is COc1cc(N)ccc1C(=O)NCCCOCC1CC1. The van der Waals surface area contributed by atoms with Crippen molar-refractivity contribution in [2.45, 2.75) is 19.3 Å². The lowest BCUT2D eigenvalue weighted by atomic mass is 10.1. The van der Waals surface area contributed by atoms with Gasteiger partial charge in [-0.1, -0.05) is 0 Å². The molecule has 0 aromatic heterocycles. The number of benzene rings is 1. The molecule has 5 nitrogen and oxygen atoms in total. The lowest BCUT2D eigenvalue weighted by molar-refractivity contribution is 0.0934. The first kappa shape index (κ1) is 14.7. The van der Waals surface area contributed by atoms with Crippen molar-refractivity contribution < 1.29 is 14.3 Å². The normalized spacial score (nSPS) is 14.1. The van der Waals surface area contributed by atoms with Gasteiger partial charge in [0.2, 0.25) is 0 Å². The Kier molecular flexibility index (Phi) is 5.24. The van der Waals surface area contributed by atoms with Gasteiger partial charge in [-0.15, -0.1) is 0 Å². The Balaban J connectivity index is 1.70. The largest absolute Gasteiger partial charge is 0.496 e. The van der Waals surface area contributed by atoms with Crippen molar-refractivity contribution in [3.05, 3.63) is 23.8 Å². The molecule has 1 saturated carbocycles. The van der Waals surface area contributed by atoms with Gasteiger partial charge in [0.25, 0.3) is 5.91 Å². The van der Waals surface area contributed by atoms with Gasteiger partial charge in [-0.25, -0.2) is 0 Å². The zero-order valence-corrected chi connectivity index (χ0v) is 11.9. The summed E-state index contributed by atoms with van der Waals surface area (Å²) in [5, 5.41) is 2.86. The molecule has 0 heterocycles. The maximum Gasteiger partial charge on any atom is 0.255 e. The molecule has 0 radical (unpaired) electrons. The molecule has 1 aliphatic carbocycles. The topological polar surface area (TPSA) is 73.6 Å². The monoisotopic (exact) mass is 278 g/mol. The number of nitrogens with two attached hydrogens (primary N) is 1. The number of anilines is 1. The number of rotatable bonds is 8.